The zero-order valence-corrected chi connectivity index (χ0v) is 54.8. The molecule has 0 fully saturated rings. The summed E-state index contributed by atoms with van der Waals surface area (Å²) in [5, 5.41) is 0. The van der Waals surface area contributed by atoms with Gasteiger partial charge in [-0.1, -0.05) is 346 Å². The average molecular weight is 1140 g/mol. The number of ether oxygens (including phenoxy) is 3. The van der Waals surface area contributed by atoms with Crippen LogP contribution in [-0.2, 0) is 28.6 Å². The molecule has 0 aliphatic heterocycles. The lowest BCUT2D eigenvalue weighted by Gasteiger charge is -2.18. The Morgan fingerprint density at radius 3 is 0.691 bits per heavy atom. The molecule has 6 heteroatoms. The van der Waals surface area contributed by atoms with Gasteiger partial charge in [0.2, 0.25) is 0 Å². The number of esters is 3. The van der Waals surface area contributed by atoms with Crippen molar-refractivity contribution in [2.45, 2.75) is 412 Å². The van der Waals surface area contributed by atoms with Gasteiger partial charge in [-0.3, -0.25) is 14.4 Å². The highest BCUT2D eigenvalue weighted by Gasteiger charge is 2.19. The van der Waals surface area contributed by atoms with Crippen molar-refractivity contribution in [3.8, 4) is 0 Å². The molecule has 6 nitrogen and oxygen atoms in total. The second-order valence-electron chi connectivity index (χ2n) is 24.9. The number of unbranched alkanes of at least 4 members (excludes halogenated alkanes) is 51. The van der Waals surface area contributed by atoms with Gasteiger partial charge in [0.15, 0.2) is 6.10 Å². The third kappa shape index (κ3) is 68.3. The van der Waals surface area contributed by atoms with Crippen LogP contribution >= 0.6 is 0 Å². The largest absolute Gasteiger partial charge is 0.462 e. The number of hydrogen-bond acceptors (Lipinski definition) is 6. The highest BCUT2D eigenvalue weighted by Crippen LogP contribution is 2.18. The minimum Gasteiger partial charge on any atom is -0.462 e. The van der Waals surface area contributed by atoms with Gasteiger partial charge in [0.25, 0.3) is 0 Å². The van der Waals surface area contributed by atoms with E-state index in [-0.39, 0.29) is 31.1 Å². The van der Waals surface area contributed by atoms with E-state index in [9.17, 15) is 14.4 Å². The minimum absolute atomic E-state index is 0.0681. The van der Waals surface area contributed by atoms with E-state index in [1.54, 1.807) is 0 Å². The molecule has 0 N–H and O–H groups in total. The number of carbonyl (C=O) groups is 3. The van der Waals surface area contributed by atoms with Crippen LogP contribution in [0.4, 0.5) is 0 Å². The summed E-state index contributed by atoms with van der Waals surface area (Å²) < 4.78 is 17.0. The van der Waals surface area contributed by atoms with Crippen molar-refractivity contribution in [2.75, 3.05) is 13.2 Å². The highest BCUT2D eigenvalue weighted by atomic mass is 16.6. The van der Waals surface area contributed by atoms with Crippen LogP contribution in [0.3, 0.4) is 0 Å². The van der Waals surface area contributed by atoms with Crippen molar-refractivity contribution >= 4 is 17.9 Å². The summed E-state index contributed by atoms with van der Waals surface area (Å²) in [5.74, 6) is -0.840. The summed E-state index contributed by atoms with van der Waals surface area (Å²) in [5.41, 5.74) is 0. The summed E-state index contributed by atoms with van der Waals surface area (Å²) in [6.07, 6.45) is 87.4. The molecule has 0 bridgehead atoms. The standard InChI is InChI=1S/C75H140O6/c1-4-7-10-13-16-19-22-25-28-31-34-36-37-39-41-44-47-50-53-56-59-62-65-68-74(77)80-71-72(70-79-73(76)67-64-61-58-55-52-49-46-43-40-33-30-27-24-21-18-15-12-9-6-3)81-75(78)69-66-63-60-57-54-51-48-45-42-38-35-32-29-26-23-20-17-14-11-8-5-2/h22,25,31-32,34-35,72H,4-21,23-24,26-30,33,36-71H2,1-3H3/b25-22-,34-31-,35-32-. The molecule has 0 spiro atoms. The lowest BCUT2D eigenvalue weighted by atomic mass is 10.0. The zero-order chi connectivity index (χ0) is 58.5. The van der Waals surface area contributed by atoms with Gasteiger partial charge in [-0.2, -0.15) is 0 Å². The molecule has 81 heavy (non-hydrogen) atoms. The van der Waals surface area contributed by atoms with Crippen molar-refractivity contribution in [2.24, 2.45) is 0 Å². The van der Waals surface area contributed by atoms with E-state index in [1.165, 1.54) is 302 Å². The first-order valence-electron chi connectivity index (χ1n) is 36.5. The first-order chi connectivity index (χ1) is 40.0. The number of allylic oxidation sites excluding steroid dienone is 6. The van der Waals surface area contributed by atoms with Crippen LogP contribution in [0.5, 0.6) is 0 Å². The molecule has 0 aromatic carbocycles. The molecule has 476 valence electrons. The van der Waals surface area contributed by atoms with Crippen LogP contribution in [0.15, 0.2) is 36.5 Å². The van der Waals surface area contributed by atoms with Gasteiger partial charge in [-0.25, -0.2) is 0 Å². The molecule has 0 aromatic heterocycles. The maximum atomic E-state index is 13.0. The third-order valence-electron chi connectivity index (χ3n) is 16.6. The molecule has 0 rings (SSSR count). The molecule has 0 saturated heterocycles. The molecule has 1 unspecified atom stereocenters. The van der Waals surface area contributed by atoms with Gasteiger partial charge in [-0.15, -0.1) is 0 Å². The van der Waals surface area contributed by atoms with E-state index in [1.807, 2.05) is 0 Å². The van der Waals surface area contributed by atoms with E-state index in [0.29, 0.717) is 19.3 Å². The molecule has 0 amide bonds. The Balaban J connectivity index is 4.32. The Morgan fingerprint density at radius 2 is 0.444 bits per heavy atom. The summed E-state index contributed by atoms with van der Waals surface area (Å²) in [7, 11) is 0. The number of carbonyl (C=O) groups excluding carboxylic acids is 3. The van der Waals surface area contributed by atoms with E-state index in [0.717, 1.165) is 64.2 Å². The Hall–Kier alpha value is -2.37. The molecular weight excluding hydrogens is 997 g/mol. The fourth-order valence-corrected chi connectivity index (χ4v) is 11.1. The SMILES string of the molecule is CCCCCCC/C=C\C/C=C\CCCCCCCCCCCCCC(=O)OCC(COC(=O)CCCCCCCCCCCCCCCCCCCCC)OC(=O)CCCCCCCCCCC/C=C\CCCCCCCCCC. The Kier molecular flexibility index (Phi) is 68.1. The molecule has 0 radical (unpaired) electrons. The maximum absolute atomic E-state index is 13.0. The lowest BCUT2D eigenvalue weighted by molar-refractivity contribution is -0.167. The summed E-state index contributed by atoms with van der Waals surface area (Å²) in [6, 6.07) is 0. The first kappa shape index (κ1) is 78.6. The molecule has 0 aliphatic rings. The van der Waals surface area contributed by atoms with Gasteiger partial charge < -0.3 is 14.2 Å². The van der Waals surface area contributed by atoms with E-state index in [4.69, 9.17) is 14.2 Å². The zero-order valence-electron chi connectivity index (χ0n) is 54.8. The van der Waals surface area contributed by atoms with Gasteiger partial charge in [0.05, 0.1) is 0 Å². The monoisotopic (exact) mass is 1140 g/mol. The molecule has 0 aliphatic carbocycles. The van der Waals surface area contributed by atoms with Crippen LogP contribution in [0, 0.1) is 0 Å². The van der Waals surface area contributed by atoms with E-state index >= 15 is 0 Å². The average Bonchev–Trinajstić information content (AvgIpc) is 3.47. The Bertz CT molecular complexity index is 1350. The van der Waals surface area contributed by atoms with Crippen molar-refractivity contribution in [3.05, 3.63) is 36.5 Å². The molecule has 0 saturated carbocycles. The number of rotatable bonds is 68. The quantitative estimate of drug-likeness (QED) is 0.0261. The normalized spacial score (nSPS) is 12.2. The van der Waals surface area contributed by atoms with Crippen molar-refractivity contribution in [1.82, 2.24) is 0 Å². The Labute approximate surface area is 506 Å². The van der Waals surface area contributed by atoms with Crippen molar-refractivity contribution < 1.29 is 28.6 Å². The summed E-state index contributed by atoms with van der Waals surface area (Å²) in [6.45, 7) is 6.71. The van der Waals surface area contributed by atoms with Crippen LogP contribution in [0.25, 0.3) is 0 Å². The highest BCUT2D eigenvalue weighted by molar-refractivity contribution is 5.71. The van der Waals surface area contributed by atoms with Crippen LogP contribution < -0.4 is 0 Å². The third-order valence-corrected chi connectivity index (χ3v) is 16.6. The molecule has 1 atom stereocenters. The van der Waals surface area contributed by atoms with Crippen LogP contribution in [0.2, 0.25) is 0 Å². The second kappa shape index (κ2) is 70.1. The van der Waals surface area contributed by atoms with Gasteiger partial charge >= 0.3 is 17.9 Å². The molecule has 0 heterocycles. The van der Waals surface area contributed by atoms with Gasteiger partial charge in [0, 0.05) is 19.3 Å². The molecule has 0 aromatic rings. The van der Waals surface area contributed by atoms with Gasteiger partial charge in [-0.05, 0) is 77.0 Å². The van der Waals surface area contributed by atoms with Gasteiger partial charge in [0.1, 0.15) is 13.2 Å². The topological polar surface area (TPSA) is 78.9 Å². The smallest absolute Gasteiger partial charge is 0.306 e. The predicted octanol–water partition coefficient (Wildman–Crippen LogP) is 25.1. The summed E-state index contributed by atoms with van der Waals surface area (Å²) >= 11 is 0. The molecular formula is C75H140O6. The van der Waals surface area contributed by atoms with E-state index < -0.39 is 6.10 Å². The fourth-order valence-electron chi connectivity index (χ4n) is 11.1. The van der Waals surface area contributed by atoms with Crippen LogP contribution in [-0.4, -0.2) is 37.2 Å². The van der Waals surface area contributed by atoms with Crippen molar-refractivity contribution in [3.63, 3.8) is 0 Å². The predicted molar refractivity (Wildman–Crippen MR) is 353 cm³/mol. The Morgan fingerprint density at radius 1 is 0.247 bits per heavy atom. The summed E-state index contributed by atoms with van der Waals surface area (Å²) in [4.78, 5) is 38.5. The first-order valence-corrected chi connectivity index (χ1v) is 36.5. The second-order valence-corrected chi connectivity index (χ2v) is 24.9. The maximum Gasteiger partial charge on any atom is 0.306 e. The number of hydrogen-bond donors (Lipinski definition) is 0. The van der Waals surface area contributed by atoms with E-state index in [2.05, 4.69) is 57.2 Å². The fraction of sp³-hybridized carbons (Fsp3) is 0.880. The minimum atomic E-state index is -0.773. The van der Waals surface area contributed by atoms with Crippen LogP contribution in [0.1, 0.15) is 406 Å². The lowest BCUT2D eigenvalue weighted by Crippen LogP contribution is -2.30. The van der Waals surface area contributed by atoms with Crippen molar-refractivity contribution in [1.29, 1.82) is 0 Å².